The molecule has 0 aliphatic carbocycles. The maximum atomic E-state index is 12.4. The van der Waals surface area contributed by atoms with E-state index in [0.717, 1.165) is 41.4 Å². The number of anilines is 2. The van der Waals surface area contributed by atoms with Gasteiger partial charge in [0.15, 0.2) is 0 Å². The van der Waals surface area contributed by atoms with Crippen molar-refractivity contribution >= 4 is 23.6 Å². The average Bonchev–Trinajstić information content (AvgIpc) is 2.79. The van der Waals surface area contributed by atoms with Crippen molar-refractivity contribution in [2.75, 3.05) is 22.9 Å². The minimum absolute atomic E-state index is 0.0195. The Morgan fingerprint density at radius 1 is 1.09 bits per heavy atom. The topological polar surface area (TPSA) is 87.7 Å². The zero-order valence-electron chi connectivity index (χ0n) is 19.9. The van der Waals surface area contributed by atoms with Crippen LogP contribution in [0.3, 0.4) is 0 Å². The highest BCUT2D eigenvalue weighted by molar-refractivity contribution is 5.94. The van der Waals surface area contributed by atoms with Crippen LogP contribution in [-0.2, 0) is 9.53 Å². The van der Waals surface area contributed by atoms with Crippen LogP contribution in [0.4, 0.5) is 16.4 Å². The number of rotatable bonds is 4. The fraction of sp³-hybridized carbons (Fsp3) is 0.520. The van der Waals surface area contributed by atoms with Crippen molar-refractivity contribution in [1.29, 1.82) is 0 Å². The molecule has 8 heteroatoms. The van der Waals surface area contributed by atoms with Crippen molar-refractivity contribution in [2.45, 2.75) is 71.6 Å². The Labute approximate surface area is 195 Å². The van der Waals surface area contributed by atoms with E-state index >= 15 is 0 Å². The van der Waals surface area contributed by atoms with E-state index in [4.69, 9.17) is 4.74 Å². The molecule has 176 valence electrons. The Balaban J connectivity index is 1.64. The van der Waals surface area contributed by atoms with Crippen LogP contribution in [0.15, 0.2) is 30.6 Å². The number of nitrogens with one attached hydrogen (secondary N) is 1. The maximum Gasteiger partial charge on any atom is 0.407 e. The van der Waals surface area contributed by atoms with Gasteiger partial charge >= 0.3 is 6.09 Å². The summed E-state index contributed by atoms with van der Waals surface area (Å²) in [5, 5.41) is 2.99. The summed E-state index contributed by atoms with van der Waals surface area (Å²) in [5.41, 5.74) is 3.54. The lowest BCUT2D eigenvalue weighted by Gasteiger charge is -2.39. The van der Waals surface area contributed by atoms with Crippen molar-refractivity contribution < 1.29 is 14.3 Å². The normalized spacial score (nSPS) is 20.4. The van der Waals surface area contributed by atoms with Crippen molar-refractivity contribution in [2.24, 2.45) is 0 Å². The maximum absolute atomic E-state index is 12.4. The fourth-order valence-corrected chi connectivity index (χ4v) is 4.78. The number of ether oxygens (including phenoxy) is 1. The number of carbonyl (C=O) groups is 2. The molecule has 1 saturated heterocycles. The van der Waals surface area contributed by atoms with E-state index in [2.05, 4.69) is 20.2 Å². The predicted molar refractivity (Wildman–Crippen MR) is 128 cm³/mol. The van der Waals surface area contributed by atoms with Gasteiger partial charge in [0, 0.05) is 49.7 Å². The van der Waals surface area contributed by atoms with Gasteiger partial charge in [-0.25, -0.2) is 14.8 Å². The van der Waals surface area contributed by atoms with E-state index in [1.165, 1.54) is 19.3 Å². The molecule has 0 bridgehead atoms. The molecule has 0 spiro atoms. The van der Waals surface area contributed by atoms with Crippen molar-refractivity contribution in [3.63, 3.8) is 0 Å². The molecular formula is C25H33N5O3. The number of fused-ring (bicyclic) bond motifs is 1. The highest BCUT2D eigenvalue weighted by Gasteiger charge is 2.34. The second-order valence-corrected chi connectivity index (χ2v) is 9.22. The Bertz CT molecular complexity index is 1000. The third kappa shape index (κ3) is 5.10. The van der Waals surface area contributed by atoms with E-state index in [-0.39, 0.29) is 24.1 Å². The van der Waals surface area contributed by atoms with Crippen LogP contribution >= 0.6 is 0 Å². The summed E-state index contributed by atoms with van der Waals surface area (Å²) < 4.78 is 5.31. The smallest absolute Gasteiger partial charge is 0.407 e. The first-order valence-corrected chi connectivity index (χ1v) is 11.8. The Morgan fingerprint density at radius 2 is 1.79 bits per heavy atom. The third-order valence-electron chi connectivity index (χ3n) is 6.26. The van der Waals surface area contributed by atoms with Crippen molar-refractivity contribution in [1.82, 2.24) is 15.3 Å². The first-order chi connectivity index (χ1) is 15.8. The highest BCUT2D eigenvalue weighted by Crippen LogP contribution is 2.39. The molecule has 33 heavy (non-hydrogen) atoms. The number of benzene rings is 1. The van der Waals surface area contributed by atoms with Crippen LogP contribution in [0.1, 0.15) is 65.0 Å². The van der Waals surface area contributed by atoms with Gasteiger partial charge in [-0.15, -0.1) is 0 Å². The third-order valence-corrected chi connectivity index (χ3v) is 6.26. The molecule has 2 aliphatic rings. The second kappa shape index (κ2) is 9.77. The van der Waals surface area contributed by atoms with Gasteiger partial charge < -0.3 is 19.9 Å². The molecule has 1 N–H and O–H groups in total. The monoisotopic (exact) mass is 451 g/mol. The molecule has 8 nitrogen and oxygen atoms in total. The molecule has 2 aromatic rings. The number of hydrogen-bond acceptors (Lipinski definition) is 6. The molecule has 4 rings (SSSR count). The van der Waals surface area contributed by atoms with E-state index in [1.54, 1.807) is 11.8 Å². The van der Waals surface area contributed by atoms with Gasteiger partial charge in [-0.05, 0) is 69.7 Å². The second-order valence-electron chi connectivity index (χ2n) is 9.22. The summed E-state index contributed by atoms with van der Waals surface area (Å²) in [6, 6.07) is 5.65. The standard InChI is InChI=1S/C25H33N5O3/c1-16(2)33-25(32)28-22-12-17(3)30(18(4)31)23-9-8-19(13-21(22)23)20-14-26-24(27-15-20)29-10-6-5-7-11-29/h8-9,13-17,22H,5-7,10-12H2,1-4H3,(H,28,32)/t17-,22?/m1/s1. The molecular weight excluding hydrogens is 418 g/mol. The van der Waals surface area contributed by atoms with Crippen molar-refractivity contribution in [3.05, 3.63) is 36.2 Å². The van der Waals surface area contributed by atoms with Crippen LogP contribution in [-0.4, -0.2) is 47.2 Å². The molecule has 2 amide bonds. The van der Waals surface area contributed by atoms with Gasteiger partial charge in [0.1, 0.15) is 0 Å². The highest BCUT2D eigenvalue weighted by atomic mass is 16.6. The van der Waals surface area contributed by atoms with Crippen LogP contribution in [0, 0.1) is 0 Å². The van der Waals surface area contributed by atoms with Gasteiger partial charge in [0.2, 0.25) is 11.9 Å². The lowest BCUT2D eigenvalue weighted by atomic mass is 9.89. The summed E-state index contributed by atoms with van der Waals surface area (Å²) >= 11 is 0. The van der Waals surface area contributed by atoms with E-state index < -0.39 is 6.09 Å². The zero-order chi connectivity index (χ0) is 23.5. The largest absolute Gasteiger partial charge is 0.447 e. The molecule has 2 atom stereocenters. The predicted octanol–water partition coefficient (Wildman–Crippen LogP) is 4.45. The molecule has 1 aromatic carbocycles. The average molecular weight is 452 g/mol. The van der Waals surface area contributed by atoms with Gasteiger partial charge in [0.25, 0.3) is 0 Å². The number of hydrogen-bond donors (Lipinski definition) is 1. The number of alkyl carbamates (subject to hydrolysis) is 1. The van der Waals surface area contributed by atoms with Gasteiger partial charge in [0.05, 0.1) is 12.1 Å². The number of nitrogens with zero attached hydrogens (tertiary/aromatic N) is 4. The molecule has 1 fully saturated rings. The van der Waals surface area contributed by atoms with Crippen LogP contribution in [0.2, 0.25) is 0 Å². The van der Waals surface area contributed by atoms with Gasteiger partial charge in [-0.1, -0.05) is 6.07 Å². The minimum Gasteiger partial charge on any atom is -0.447 e. The summed E-state index contributed by atoms with van der Waals surface area (Å²) in [7, 11) is 0. The molecule has 2 aliphatic heterocycles. The Morgan fingerprint density at radius 3 is 2.42 bits per heavy atom. The number of aromatic nitrogens is 2. The SMILES string of the molecule is CC(=O)N1c2ccc(-c3cnc(N4CCCCC4)nc3)cc2C(NC(=O)OC(C)C)C[C@H]1C. The zero-order valence-corrected chi connectivity index (χ0v) is 19.9. The Kier molecular flexibility index (Phi) is 6.81. The fourth-order valence-electron chi connectivity index (χ4n) is 4.78. The van der Waals surface area contributed by atoms with Crippen LogP contribution in [0.5, 0.6) is 0 Å². The van der Waals surface area contributed by atoms with Crippen molar-refractivity contribution in [3.8, 4) is 11.1 Å². The van der Waals surface area contributed by atoms with E-state index in [0.29, 0.717) is 6.42 Å². The summed E-state index contributed by atoms with van der Waals surface area (Å²) in [5.74, 6) is 0.748. The van der Waals surface area contributed by atoms with E-state index in [1.807, 2.05) is 51.4 Å². The molecule has 0 saturated carbocycles. The lowest BCUT2D eigenvalue weighted by Crippen LogP contribution is -2.45. The molecule has 0 radical (unpaired) electrons. The minimum atomic E-state index is -0.455. The number of amides is 2. The summed E-state index contributed by atoms with van der Waals surface area (Å²) in [4.78, 5) is 38.0. The number of carbonyl (C=O) groups excluding carboxylic acids is 2. The van der Waals surface area contributed by atoms with Gasteiger partial charge in [-0.3, -0.25) is 4.79 Å². The Hall–Kier alpha value is -3.16. The van der Waals surface area contributed by atoms with Crippen LogP contribution < -0.4 is 15.1 Å². The summed E-state index contributed by atoms with van der Waals surface area (Å²) in [6.45, 7) is 9.20. The van der Waals surface area contributed by atoms with Gasteiger partial charge in [-0.2, -0.15) is 0 Å². The van der Waals surface area contributed by atoms with Crippen LogP contribution in [0.25, 0.3) is 11.1 Å². The number of piperidine rings is 1. The molecule has 3 heterocycles. The summed E-state index contributed by atoms with van der Waals surface area (Å²) in [6.07, 6.45) is 7.26. The lowest BCUT2D eigenvalue weighted by molar-refractivity contribution is -0.117. The molecule has 1 unspecified atom stereocenters. The quantitative estimate of drug-likeness (QED) is 0.739. The molecule has 1 aromatic heterocycles. The van der Waals surface area contributed by atoms with E-state index in [9.17, 15) is 9.59 Å². The first kappa shape index (κ1) is 23.0. The first-order valence-electron chi connectivity index (χ1n) is 11.8.